The minimum atomic E-state index is 0.506. The Labute approximate surface area is 118 Å². The topological polar surface area (TPSA) is 68.8 Å². The molecule has 3 rings (SSSR count). The molecule has 6 heteroatoms. The first-order valence-electron chi connectivity index (χ1n) is 7.25. The molecule has 0 saturated heterocycles. The molecule has 2 aromatic heterocycles. The number of hydrogen-bond acceptors (Lipinski definition) is 5. The third kappa shape index (κ3) is 3.25. The van der Waals surface area contributed by atoms with Crippen LogP contribution in [0.25, 0.3) is 0 Å². The van der Waals surface area contributed by atoms with Crippen LogP contribution in [0.4, 0.5) is 0 Å². The van der Waals surface area contributed by atoms with Crippen molar-refractivity contribution in [2.75, 3.05) is 6.54 Å². The smallest absolute Gasteiger partial charge is 0.229 e. The Morgan fingerprint density at radius 1 is 1.45 bits per heavy atom. The van der Waals surface area contributed by atoms with E-state index in [9.17, 15) is 0 Å². The molecule has 0 aromatic carbocycles. The van der Waals surface area contributed by atoms with Crippen LogP contribution < -0.4 is 5.32 Å². The van der Waals surface area contributed by atoms with Gasteiger partial charge in [-0.15, -0.1) is 0 Å². The van der Waals surface area contributed by atoms with Crippen molar-refractivity contribution < 1.29 is 4.52 Å². The van der Waals surface area contributed by atoms with Crippen molar-refractivity contribution in [3.63, 3.8) is 0 Å². The largest absolute Gasteiger partial charge is 0.339 e. The van der Waals surface area contributed by atoms with E-state index in [4.69, 9.17) is 4.52 Å². The second kappa shape index (κ2) is 5.75. The van der Waals surface area contributed by atoms with Gasteiger partial charge in [-0.2, -0.15) is 4.98 Å². The number of hydrogen-bond donors (Lipinski definition) is 1. The van der Waals surface area contributed by atoms with Gasteiger partial charge in [0.25, 0.3) is 0 Å². The molecule has 0 amide bonds. The number of nitrogens with one attached hydrogen (secondary N) is 1. The van der Waals surface area contributed by atoms with E-state index in [1.807, 2.05) is 12.4 Å². The second-order valence-electron chi connectivity index (χ2n) is 5.82. The number of aromatic nitrogens is 4. The Bertz CT molecular complexity index is 555. The molecule has 1 aliphatic carbocycles. The monoisotopic (exact) mass is 275 g/mol. The fourth-order valence-corrected chi connectivity index (χ4v) is 2.10. The Morgan fingerprint density at radius 3 is 3.05 bits per heavy atom. The van der Waals surface area contributed by atoms with Gasteiger partial charge in [-0.05, 0) is 25.3 Å². The van der Waals surface area contributed by atoms with E-state index in [2.05, 4.69) is 38.9 Å². The maximum Gasteiger partial charge on any atom is 0.229 e. The van der Waals surface area contributed by atoms with Crippen molar-refractivity contribution >= 4 is 0 Å². The highest BCUT2D eigenvalue weighted by molar-refractivity contribution is 5.03. The van der Waals surface area contributed by atoms with Crippen molar-refractivity contribution in [1.29, 1.82) is 0 Å². The zero-order valence-corrected chi connectivity index (χ0v) is 12.0. The van der Waals surface area contributed by atoms with Crippen molar-refractivity contribution in [1.82, 2.24) is 25.0 Å². The van der Waals surface area contributed by atoms with Gasteiger partial charge in [-0.25, -0.2) is 4.98 Å². The van der Waals surface area contributed by atoms with Crippen LogP contribution in [0.2, 0.25) is 0 Å². The van der Waals surface area contributed by atoms with Crippen molar-refractivity contribution in [2.45, 2.75) is 45.7 Å². The summed E-state index contributed by atoms with van der Waals surface area (Å²) in [5.74, 6) is 3.67. The van der Waals surface area contributed by atoms with Crippen molar-refractivity contribution in [3.8, 4) is 0 Å². The van der Waals surface area contributed by atoms with Gasteiger partial charge in [-0.3, -0.25) is 0 Å². The molecule has 0 bridgehead atoms. The van der Waals surface area contributed by atoms with Gasteiger partial charge >= 0.3 is 0 Å². The predicted octanol–water partition coefficient (Wildman–Crippen LogP) is 1.94. The summed E-state index contributed by atoms with van der Waals surface area (Å²) in [5.41, 5.74) is 0. The summed E-state index contributed by atoms with van der Waals surface area (Å²) in [6, 6.07) is 0. The van der Waals surface area contributed by atoms with Gasteiger partial charge < -0.3 is 14.4 Å². The molecule has 0 unspecified atom stereocenters. The molecule has 0 spiro atoms. The standard InChI is InChI=1S/C14H21N5O/c1-10(2)7-15-8-13-16-5-6-19(13)9-12-17-14(20-18-12)11-3-4-11/h5-6,10-11,15H,3-4,7-9H2,1-2H3. The van der Waals surface area contributed by atoms with Crippen LogP contribution in [0.5, 0.6) is 0 Å². The van der Waals surface area contributed by atoms with E-state index in [0.29, 0.717) is 18.4 Å². The molecule has 20 heavy (non-hydrogen) atoms. The quantitative estimate of drug-likeness (QED) is 0.836. The van der Waals surface area contributed by atoms with Gasteiger partial charge in [0.05, 0.1) is 13.1 Å². The summed E-state index contributed by atoms with van der Waals surface area (Å²) < 4.78 is 7.34. The molecule has 0 radical (unpaired) electrons. The summed E-state index contributed by atoms with van der Waals surface area (Å²) >= 11 is 0. The number of nitrogens with zero attached hydrogens (tertiary/aromatic N) is 4. The zero-order valence-electron chi connectivity index (χ0n) is 12.0. The minimum Gasteiger partial charge on any atom is -0.339 e. The number of imidazole rings is 1. The van der Waals surface area contributed by atoms with Crippen LogP contribution in [0, 0.1) is 5.92 Å². The normalized spacial score (nSPS) is 15.2. The summed E-state index contributed by atoms with van der Waals surface area (Å²) in [7, 11) is 0. The molecule has 1 fully saturated rings. The van der Waals surface area contributed by atoms with Gasteiger partial charge in [0.1, 0.15) is 5.82 Å². The second-order valence-corrected chi connectivity index (χ2v) is 5.82. The summed E-state index contributed by atoms with van der Waals surface area (Å²) in [6.45, 7) is 6.75. The Morgan fingerprint density at radius 2 is 2.30 bits per heavy atom. The van der Waals surface area contributed by atoms with E-state index in [-0.39, 0.29) is 0 Å². The lowest BCUT2D eigenvalue weighted by atomic mass is 10.2. The Balaban J connectivity index is 1.60. The molecule has 0 aliphatic heterocycles. The molecule has 1 aliphatic rings. The molecule has 2 heterocycles. The lowest BCUT2D eigenvalue weighted by molar-refractivity contribution is 0.372. The fraction of sp³-hybridized carbons (Fsp3) is 0.643. The Kier molecular flexibility index (Phi) is 3.82. The highest BCUT2D eigenvalue weighted by atomic mass is 16.5. The van der Waals surface area contributed by atoms with Crippen LogP contribution in [0.3, 0.4) is 0 Å². The van der Waals surface area contributed by atoms with E-state index >= 15 is 0 Å². The number of rotatable bonds is 7. The fourth-order valence-electron chi connectivity index (χ4n) is 2.10. The van der Waals surface area contributed by atoms with Gasteiger partial charge in [0, 0.05) is 18.3 Å². The highest BCUT2D eigenvalue weighted by Gasteiger charge is 2.29. The third-order valence-electron chi connectivity index (χ3n) is 3.36. The van der Waals surface area contributed by atoms with Crippen LogP contribution in [0.15, 0.2) is 16.9 Å². The van der Waals surface area contributed by atoms with Crippen LogP contribution in [0.1, 0.15) is 50.1 Å². The average molecular weight is 275 g/mol. The maximum absolute atomic E-state index is 5.28. The van der Waals surface area contributed by atoms with E-state index < -0.39 is 0 Å². The van der Waals surface area contributed by atoms with Crippen LogP contribution >= 0.6 is 0 Å². The maximum atomic E-state index is 5.28. The van der Waals surface area contributed by atoms with Gasteiger partial charge in [-0.1, -0.05) is 19.0 Å². The third-order valence-corrected chi connectivity index (χ3v) is 3.36. The molecule has 1 N–H and O–H groups in total. The van der Waals surface area contributed by atoms with Gasteiger partial charge in [0.2, 0.25) is 5.89 Å². The zero-order chi connectivity index (χ0) is 13.9. The molecule has 2 aromatic rings. The van der Waals surface area contributed by atoms with E-state index in [0.717, 1.165) is 30.6 Å². The molecule has 1 saturated carbocycles. The minimum absolute atomic E-state index is 0.506. The Hall–Kier alpha value is -1.69. The summed E-state index contributed by atoms with van der Waals surface area (Å²) in [6.07, 6.45) is 6.13. The molecular weight excluding hydrogens is 254 g/mol. The van der Waals surface area contributed by atoms with Crippen molar-refractivity contribution in [3.05, 3.63) is 29.9 Å². The first-order valence-corrected chi connectivity index (χ1v) is 7.25. The first-order chi connectivity index (χ1) is 9.72. The van der Waals surface area contributed by atoms with Crippen LogP contribution in [-0.2, 0) is 13.1 Å². The van der Waals surface area contributed by atoms with E-state index in [1.165, 1.54) is 12.8 Å². The lowest BCUT2D eigenvalue weighted by Crippen LogP contribution is -2.21. The first kappa shape index (κ1) is 13.3. The van der Waals surface area contributed by atoms with Crippen molar-refractivity contribution in [2.24, 2.45) is 5.92 Å². The average Bonchev–Trinajstić information content (AvgIpc) is 3.01. The lowest BCUT2D eigenvalue weighted by Gasteiger charge is -2.08. The summed E-state index contributed by atoms with van der Waals surface area (Å²) in [5, 5.41) is 7.45. The van der Waals surface area contributed by atoms with Gasteiger partial charge in [0.15, 0.2) is 5.82 Å². The van der Waals surface area contributed by atoms with Crippen LogP contribution in [-0.4, -0.2) is 26.2 Å². The molecular formula is C14H21N5O. The predicted molar refractivity (Wildman–Crippen MR) is 74.1 cm³/mol. The molecule has 0 atom stereocenters. The molecule has 108 valence electrons. The van der Waals surface area contributed by atoms with E-state index in [1.54, 1.807) is 0 Å². The summed E-state index contributed by atoms with van der Waals surface area (Å²) in [4.78, 5) is 8.83. The molecule has 6 nitrogen and oxygen atoms in total. The highest BCUT2D eigenvalue weighted by Crippen LogP contribution is 2.38. The SMILES string of the molecule is CC(C)CNCc1nccn1Cc1noc(C2CC2)n1.